The Labute approximate surface area is 61.5 Å². The first kappa shape index (κ1) is 9.87. The van der Waals surface area contributed by atoms with Crippen LogP contribution in [0.25, 0.3) is 0 Å². The lowest BCUT2D eigenvalue weighted by Crippen LogP contribution is -2.29. The lowest BCUT2D eigenvalue weighted by Gasteiger charge is -2.10. The standard InChI is InChI=1S/C5H13NO3S/c1-3-5-10(8,9)6(7)4-2/h7H,3-5H2,1-2H3. The van der Waals surface area contributed by atoms with E-state index in [1.807, 2.05) is 0 Å². The van der Waals surface area contributed by atoms with E-state index in [-0.39, 0.29) is 12.3 Å². The molecule has 1 N–H and O–H groups in total. The molecule has 0 aliphatic carbocycles. The van der Waals surface area contributed by atoms with Crippen LogP contribution in [-0.4, -0.2) is 30.4 Å². The van der Waals surface area contributed by atoms with Crippen LogP contribution in [0.4, 0.5) is 0 Å². The number of rotatable bonds is 4. The minimum absolute atomic E-state index is 0.0112. The van der Waals surface area contributed by atoms with Gasteiger partial charge in [-0.2, -0.15) is 0 Å². The molecular formula is C5H13NO3S. The first-order valence-electron chi connectivity index (χ1n) is 3.24. The van der Waals surface area contributed by atoms with Crippen molar-refractivity contribution in [2.45, 2.75) is 20.3 Å². The lowest BCUT2D eigenvalue weighted by molar-refractivity contribution is 0.00864. The number of hydrogen-bond donors (Lipinski definition) is 1. The highest BCUT2D eigenvalue weighted by Crippen LogP contribution is 1.97. The maximum Gasteiger partial charge on any atom is 0.235 e. The average Bonchev–Trinajstić information content (AvgIpc) is 1.86. The predicted octanol–water partition coefficient (Wildman–Crippen LogP) is 0.437. The zero-order valence-corrected chi connectivity index (χ0v) is 7.06. The molecule has 0 unspecified atom stereocenters. The van der Waals surface area contributed by atoms with E-state index in [9.17, 15) is 8.42 Å². The summed E-state index contributed by atoms with van der Waals surface area (Å²) in [4.78, 5) is 0. The van der Waals surface area contributed by atoms with Crippen molar-refractivity contribution in [1.29, 1.82) is 0 Å². The number of hydrogen-bond acceptors (Lipinski definition) is 3. The summed E-state index contributed by atoms with van der Waals surface area (Å²) in [7, 11) is -3.37. The van der Waals surface area contributed by atoms with Gasteiger partial charge in [0.25, 0.3) is 0 Å². The number of sulfonamides is 1. The Morgan fingerprint density at radius 2 is 1.90 bits per heavy atom. The Kier molecular flexibility index (Phi) is 3.85. The molecule has 5 heteroatoms. The van der Waals surface area contributed by atoms with Crippen LogP contribution in [0.5, 0.6) is 0 Å². The smallest absolute Gasteiger partial charge is 0.235 e. The van der Waals surface area contributed by atoms with Gasteiger partial charge in [0.2, 0.25) is 10.0 Å². The van der Waals surface area contributed by atoms with Gasteiger partial charge in [-0.05, 0) is 13.3 Å². The molecule has 62 valence electrons. The molecule has 0 atom stereocenters. The van der Waals surface area contributed by atoms with Crippen LogP contribution in [0.1, 0.15) is 20.3 Å². The average molecular weight is 167 g/mol. The zero-order chi connectivity index (χ0) is 8.20. The van der Waals surface area contributed by atoms with Crippen LogP contribution in [0.2, 0.25) is 0 Å². The van der Waals surface area contributed by atoms with E-state index in [4.69, 9.17) is 5.21 Å². The Balaban J connectivity index is 4.12. The second-order valence-corrected chi connectivity index (χ2v) is 3.95. The normalized spacial score (nSPS) is 12.4. The largest absolute Gasteiger partial charge is 0.299 e. The molecular weight excluding hydrogens is 154 g/mol. The SMILES string of the molecule is CCCS(=O)(=O)N(O)CC. The maximum atomic E-state index is 10.8. The van der Waals surface area contributed by atoms with Crippen molar-refractivity contribution < 1.29 is 13.6 Å². The molecule has 4 nitrogen and oxygen atoms in total. The highest BCUT2D eigenvalue weighted by Gasteiger charge is 2.15. The zero-order valence-electron chi connectivity index (χ0n) is 6.24. The van der Waals surface area contributed by atoms with E-state index >= 15 is 0 Å². The molecule has 0 rings (SSSR count). The molecule has 0 heterocycles. The van der Waals surface area contributed by atoms with E-state index in [1.54, 1.807) is 13.8 Å². The van der Waals surface area contributed by atoms with Gasteiger partial charge in [-0.15, -0.1) is 0 Å². The molecule has 0 aliphatic rings. The summed E-state index contributed by atoms with van der Waals surface area (Å²) in [5.41, 5.74) is 0. The first-order valence-corrected chi connectivity index (χ1v) is 4.84. The van der Waals surface area contributed by atoms with Crippen molar-refractivity contribution in [3.63, 3.8) is 0 Å². The van der Waals surface area contributed by atoms with Crippen LogP contribution in [0.15, 0.2) is 0 Å². The second kappa shape index (κ2) is 3.90. The van der Waals surface area contributed by atoms with Crippen molar-refractivity contribution >= 4 is 10.0 Å². The molecule has 0 aliphatic heterocycles. The molecule has 0 saturated heterocycles. The van der Waals surface area contributed by atoms with Crippen LogP contribution >= 0.6 is 0 Å². The Morgan fingerprint density at radius 3 is 2.20 bits per heavy atom. The fourth-order valence-electron chi connectivity index (χ4n) is 0.560. The first-order chi connectivity index (χ1) is 4.54. The summed E-state index contributed by atoms with van der Waals surface area (Å²) in [6, 6.07) is 0. The summed E-state index contributed by atoms with van der Waals surface area (Å²) in [5.74, 6) is 0.0112. The Morgan fingerprint density at radius 1 is 1.40 bits per heavy atom. The molecule has 0 bridgehead atoms. The second-order valence-electron chi connectivity index (χ2n) is 1.95. The minimum atomic E-state index is -3.37. The quantitative estimate of drug-likeness (QED) is 0.618. The summed E-state index contributed by atoms with van der Waals surface area (Å²) in [6.07, 6.45) is 0.527. The lowest BCUT2D eigenvalue weighted by atomic mass is 10.6. The maximum absolute atomic E-state index is 10.8. The molecule has 0 spiro atoms. The van der Waals surface area contributed by atoms with E-state index in [0.29, 0.717) is 10.9 Å². The topological polar surface area (TPSA) is 57.6 Å². The molecule has 0 amide bonds. The van der Waals surface area contributed by atoms with E-state index in [0.717, 1.165) is 0 Å². The Bertz CT molecular complexity index is 175. The van der Waals surface area contributed by atoms with E-state index in [1.165, 1.54) is 0 Å². The van der Waals surface area contributed by atoms with Gasteiger partial charge in [0.1, 0.15) is 0 Å². The van der Waals surface area contributed by atoms with Gasteiger partial charge in [0.05, 0.1) is 5.75 Å². The number of hydroxylamine groups is 1. The van der Waals surface area contributed by atoms with Crippen LogP contribution in [-0.2, 0) is 10.0 Å². The third-order valence-corrected chi connectivity index (χ3v) is 2.88. The monoisotopic (exact) mass is 167 g/mol. The third kappa shape index (κ3) is 2.64. The third-order valence-electron chi connectivity index (χ3n) is 1.05. The van der Waals surface area contributed by atoms with Gasteiger partial charge >= 0.3 is 0 Å². The fourth-order valence-corrected chi connectivity index (χ4v) is 1.68. The minimum Gasteiger partial charge on any atom is -0.299 e. The molecule has 0 fully saturated rings. The van der Waals surface area contributed by atoms with Crippen molar-refractivity contribution in [3.05, 3.63) is 0 Å². The Hall–Kier alpha value is -0.130. The van der Waals surface area contributed by atoms with Crippen LogP contribution in [0.3, 0.4) is 0 Å². The number of nitrogens with zero attached hydrogens (tertiary/aromatic N) is 1. The van der Waals surface area contributed by atoms with Gasteiger partial charge in [0.15, 0.2) is 0 Å². The summed E-state index contributed by atoms with van der Waals surface area (Å²) in [5, 5.41) is 8.76. The fraction of sp³-hybridized carbons (Fsp3) is 1.00. The highest BCUT2D eigenvalue weighted by atomic mass is 32.2. The highest BCUT2D eigenvalue weighted by molar-refractivity contribution is 7.88. The molecule has 0 aromatic heterocycles. The van der Waals surface area contributed by atoms with Gasteiger partial charge < -0.3 is 0 Å². The van der Waals surface area contributed by atoms with Crippen LogP contribution < -0.4 is 0 Å². The molecule has 10 heavy (non-hydrogen) atoms. The predicted molar refractivity (Wildman–Crippen MR) is 38.2 cm³/mol. The molecule has 0 saturated carbocycles. The van der Waals surface area contributed by atoms with Gasteiger partial charge in [-0.3, -0.25) is 5.21 Å². The van der Waals surface area contributed by atoms with E-state index < -0.39 is 10.0 Å². The summed E-state index contributed by atoms with van der Waals surface area (Å²) < 4.78 is 22.0. The van der Waals surface area contributed by atoms with Crippen LogP contribution in [0, 0.1) is 0 Å². The summed E-state index contributed by atoms with van der Waals surface area (Å²) >= 11 is 0. The molecule has 0 aromatic rings. The van der Waals surface area contributed by atoms with Gasteiger partial charge in [-0.25, -0.2) is 8.42 Å². The van der Waals surface area contributed by atoms with Gasteiger partial charge in [0, 0.05) is 6.54 Å². The molecule has 0 aromatic carbocycles. The van der Waals surface area contributed by atoms with Crippen molar-refractivity contribution in [2.24, 2.45) is 0 Å². The summed E-state index contributed by atoms with van der Waals surface area (Å²) in [6.45, 7) is 3.44. The molecule has 0 radical (unpaired) electrons. The van der Waals surface area contributed by atoms with E-state index in [2.05, 4.69) is 0 Å². The van der Waals surface area contributed by atoms with Gasteiger partial charge in [-0.1, -0.05) is 11.4 Å². The van der Waals surface area contributed by atoms with Crippen molar-refractivity contribution in [2.75, 3.05) is 12.3 Å². The van der Waals surface area contributed by atoms with Crippen molar-refractivity contribution in [3.8, 4) is 0 Å². The van der Waals surface area contributed by atoms with Crippen molar-refractivity contribution in [1.82, 2.24) is 4.47 Å².